The molecular formula is C15H22N2O3S. The number of ether oxygens (including phenoxy) is 1. The summed E-state index contributed by atoms with van der Waals surface area (Å²) in [5.74, 6) is 1.77. The first kappa shape index (κ1) is 16.2. The zero-order valence-corrected chi connectivity index (χ0v) is 13.3. The van der Waals surface area contributed by atoms with Gasteiger partial charge in [0.2, 0.25) is 0 Å². The Labute approximate surface area is 129 Å². The third-order valence-electron chi connectivity index (χ3n) is 3.10. The van der Waals surface area contributed by atoms with E-state index >= 15 is 0 Å². The highest BCUT2D eigenvalue weighted by Gasteiger charge is 2.06. The molecule has 0 fully saturated rings. The van der Waals surface area contributed by atoms with Crippen molar-refractivity contribution in [1.82, 2.24) is 10.3 Å². The number of nitrogens with zero attached hydrogens (tertiary/aromatic N) is 1. The summed E-state index contributed by atoms with van der Waals surface area (Å²) in [4.78, 5) is 5.44. The molecule has 116 valence electrons. The summed E-state index contributed by atoms with van der Waals surface area (Å²) in [6, 6.07) is 3.86. The van der Waals surface area contributed by atoms with Gasteiger partial charge in [0.25, 0.3) is 0 Å². The van der Waals surface area contributed by atoms with E-state index in [-0.39, 0.29) is 0 Å². The van der Waals surface area contributed by atoms with Crippen LogP contribution in [0.2, 0.25) is 0 Å². The lowest BCUT2D eigenvalue weighted by molar-refractivity contribution is 0.0381. The van der Waals surface area contributed by atoms with Crippen molar-refractivity contribution in [2.45, 2.75) is 32.9 Å². The molecule has 0 spiro atoms. The van der Waals surface area contributed by atoms with E-state index in [2.05, 4.69) is 10.3 Å². The molecule has 0 amide bonds. The van der Waals surface area contributed by atoms with Gasteiger partial charge in [-0.2, -0.15) is 0 Å². The lowest BCUT2D eigenvalue weighted by Crippen LogP contribution is -2.30. The van der Waals surface area contributed by atoms with Gasteiger partial charge in [-0.05, 0) is 26.0 Å². The molecule has 1 unspecified atom stereocenters. The molecule has 0 bridgehead atoms. The smallest absolute Gasteiger partial charge is 0.117 e. The minimum absolute atomic E-state index is 0.335. The lowest BCUT2D eigenvalue weighted by Gasteiger charge is -2.11. The van der Waals surface area contributed by atoms with Crippen molar-refractivity contribution < 1.29 is 14.3 Å². The van der Waals surface area contributed by atoms with E-state index in [4.69, 9.17) is 9.15 Å². The second-order valence-electron chi connectivity index (χ2n) is 4.98. The number of hydrogen-bond acceptors (Lipinski definition) is 6. The molecule has 0 aliphatic carbocycles. The molecule has 2 N–H and O–H groups in total. The molecule has 0 radical (unpaired) electrons. The molecule has 1 atom stereocenters. The quantitative estimate of drug-likeness (QED) is 0.694. The van der Waals surface area contributed by atoms with Crippen LogP contribution in [-0.4, -0.2) is 36.0 Å². The summed E-state index contributed by atoms with van der Waals surface area (Å²) in [6.07, 6.45) is 0.339. The zero-order chi connectivity index (χ0) is 15.1. The summed E-state index contributed by atoms with van der Waals surface area (Å²) in [6.45, 7) is 5.96. The third-order valence-corrected chi connectivity index (χ3v) is 4.10. The number of thiazole rings is 1. The molecule has 2 heterocycles. The first-order chi connectivity index (χ1) is 10.1. The van der Waals surface area contributed by atoms with E-state index in [0.717, 1.165) is 23.6 Å². The van der Waals surface area contributed by atoms with E-state index in [1.54, 1.807) is 11.3 Å². The van der Waals surface area contributed by atoms with Crippen molar-refractivity contribution in [2.24, 2.45) is 0 Å². The van der Waals surface area contributed by atoms with Gasteiger partial charge < -0.3 is 19.6 Å². The highest BCUT2D eigenvalue weighted by atomic mass is 32.1. The lowest BCUT2D eigenvalue weighted by atomic mass is 10.3. The van der Waals surface area contributed by atoms with Gasteiger partial charge in [0.15, 0.2) is 0 Å². The molecule has 0 saturated carbocycles. The highest BCUT2D eigenvalue weighted by Crippen LogP contribution is 2.12. The average Bonchev–Trinajstić information content (AvgIpc) is 3.04. The summed E-state index contributed by atoms with van der Waals surface area (Å²) in [5, 5.41) is 13.0. The van der Waals surface area contributed by atoms with Crippen LogP contribution in [0.1, 0.15) is 22.1 Å². The molecule has 0 aliphatic heterocycles. The average molecular weight is 310 g/mol. The Hall–Kier alpha value is -1.21. The third kappa shape index (κ3) is 5.59. The van der Waals surface area contributed by atoms with Crippen LogP contribution in [0.4, 0.5) is 0 Å². The monoisotopic (exact) mass is 310 g/mol. The standard InChI is InChI=1S/C15H22N2O3S/c1-11-3-4-14(20-11)8-16-7-13(18)9-19-6-5-15-12(2)17-10-21-15/h3-4,10,13,16,18H,5-9H2,1-2H3. The van der Waals surface area contributed by atoms with Crippen molar-refractivity contribution in [3.8, 4) is 0 Å². The molecular weight excluding hydrogens is 288 g/mol. The molecule has 5 nitrogen and oxygen atoms in total. The Morgan fingerprint density at radius 1 is 1.43 bits per heavy atom. The maximum atomic E-state index is 9.82. The maximum absolute atomic E-state index is 9.82. The van der Waals surface area contributed by atoms with Gasteiger partial charge in [-0.15, -0.1) is 11.3 Å². The Kier molecular flexibility index (Phi) is 6.38. The number of hydrogen-bond donors (Lipinski definition) is 2. The normalized spacial score (nSPS) is 12.7. The van der Waals surface area contributed by atoms with E-state index in [1.165, 1.54) is 4.88 Å². The number of aliphatic hydroxyl groups excluding tert-OH is 1. The summed E-state index contributed by atoms with van der Waals surface area (Å²) in [5.41, 5.74) is 2.92. The SMILES string of the molecule is Cc1ccc(CNCC(O)COCCc2scnc2C)o1. The fourth-order valence-electron chi connectivity index (χ4n) is 1.95. The second-order valence-corrected chi connectivity index (χ2v) is 5.92. The van der Waals surface area contributed by atoms with E-state index < -0.39 is 6.10 Å². The van der Waals surface area contributed by atoms with E-state index in [9.17, 15) is 5.11 Å². The van der Waals surface area contributed by atoms with Gasteiger partial charge in [-0.3, -0.25) is 0 Å². The fourth-order valence-corrected chi connectivity index (χ4v) is 2.71. The van der Waals surface area contributed by atoms with Gasteiger partial charge in [0.1, 0.15) is 11.5 Å². The van der Waals surface area contributed by atoms with Crippen LogP contribution in [0, 0.1) is 13.8 Å². The van der Waals surface area contributed by atoms with Crippen molar-refractivity contribution in [1.29, 1.82) is 0 Å². The molecule has 2 aromatic rings. The minimum Gasteiger partial charge on any atom is -0.465 e. The Morgan fingerprint density at radius 2 is 2.29 bits per heavy atom. The van der Waals surface area contributed by atoms with Gasteiger partial charge in [-0.1, -0.05) is 0 Å². The summed E-state index contributed by atoms with van der Waals surface area (Å²) >= 11 is 1.65. The molecule has 2 aromatic heterocycles. The van der Waals surface area contributed by atoms with Crippen LogP contribution in [-0.2, 0) is 17.7 Å². The topological polar surface area (TPSA) is 67.5 Å². The van der Waals surface area contributed by atoms with Crippen molar-refractivity contribution >= 4 is 11.3 Å². The number of aliphatic hydroxyl groups is 1. The largest absolute Gasteiger partial charge is 0.465 e. The van der Waals surface area contributed by atoms with Gasteiger partial charge in [0, 0.05) is 17.8 Å². The molecule has 6 heteroatoms. The Morgan fingerprint density at radius 3 is 2.95 bits per heavy atom. The number of aromatic nitrogens is 1. The molecule has 0 aliphatic rings. The molecule has 0 saturated heterocycles. The van der Waals surface area contributed by atoms with Crippen molar-refractivity contribution in [3.63, 3.8) is 0 Å². The van der Waals surface area contributed by atoms with Crippen LogP contribution in [0.3, 0.4) is 0 Å². The van der Waals surface area contributed by atoms with Crippen LogP contribution >= 0.6 is 11.3 Å². The first-order valence-corrected chi connectivity index (χ1v) is 7.94. The second kappa shape index (κ2) is 8.29. The molecule has 2 rings (SSSR count). The predicted octanol–water partition coefficient (Wildman–Crippen LogP) is 2.06. The van der Waals surface area contributed by atoms with Crippen LogP contribution in [0.5, 0.6) is 0 Å². The predicted molar refractivity (Wildman–Crippen MR) is 82.5 cm³/mol. The van der Waals surface area contributed by atoms with Crippen LogP contribution in [0.25, 0.3) is 0 Å². The van der Waals surface area contributed by atoms with Gasteiger partial charge >= 0.3 is 0 Å². The highest BCUT2D eigenvalue weighted by molar-refractivity contribution is 7.09. The van der Waals surface area contributed by atoms with Crippen molar-refractivity contribution in [3.05, 3.63) is 39.7 Å². The molecule has 21 heavy (non-hydrogen) atoms. The Bertz CT molecular complexity index is 539. The number of nitrogens with one attached hydrogen (secondary N) is 1. The number of rotatable bonds is 9. The van der Waals surface area contributed by atoms with E-state index in [0.29, 0.717) is 26.3 Å². The first-order valence-electron chi connectivity index (χ1n) is 7.06. The van der Waals surface area contributed by atoms with Gasteiger partial charge in [0.05, 0.1) is 37.1 Å². The van der Waals surface area contributed by atoms with Crippen LogP contribution < -0.4 is 5.32 Å². The minimum atomic E-state index is -0.511. The summed E-state index contributed by atoms with van der Waals surface area (Å²) < 4.78 is 10.9. The van der Waals surface area contributed by atoms with Crippen LogP contribution in [0.15, 0.2) is 22.1 Å². The van der Waals surface area contributed by atoms with E-state index in [1.807, 2.05) is 31.5 Å². The zero-order valence-electron chi connectivity index (χ0n) is 12.5. The maximum Gasteiger partial charge on any atom is 0.117 e. The fraction of sp³-hybridized carbons (Fsp3) is 0.533. The van der Waals surface area contributed by atoms with Crippen molar-refractivity contribution in [2.75, 3.05) is 19.8 Å². The number of aryl methyl sites for hydroxylation is 2. The summed E-state index contributed by atoms with van der Waals surface area (Å²) in [7, 11) is 0. The number of furan rings is 1. The van der Waals surface area contributed by atoms with Gasteiger partial charge in [-0.25, -0.2) is 4.98 Å². The Balaban J connectivity index is 1.53. The molecule has 0 aromatic carbocycles.